The average molecular weight is 319 g/mol. The first-order chi connectivity index (χ1) is 9.39. The molecular weight excluding hydrogens is 294 g/mol. The van der Waals surface area contributed by atoms with Crippen LogP contribution in [-0.4, -0.2) is 67.7 Å². The highest BCUT2D eigenvalue weighted by Crippen LogP contribution is 2.36. The second-order valence-corrected chi connectivity index (χ2v) is 9.86. The molecule has 0 radical (unpaired) electrons. The third-order valence-corrected chi connectivity index (χ3v) is 6.37. The summed E-state index contributed by atoms with van der Waals surface area (Å²) >= 11 is 0. The number of carbonyl (C=O) groups is 1. The van der Waals surface area contributed by atoms with E-state index in [1.54, 1.807) is 4.90 Å². The molecule has 2 aliphatic heterocycles. The van der Waals surface area contributed by atoms with Gasteiger partial charge in [-0.05, 0) is 27.7 Å². The first-order valence-electron chi connectivity index (χ1n) is 7.16. The van der Waals surface area contributed by atoms with E-state index >= 15 is 0 Å². The molecule has 6 nitrogen and oxygen atoms in total. The van der Waals surface area contributed by atoms with Crippen LogP contribution in [0.15, 0.2) is 0 Å². The monoisotopic (exact) mass is 319 g/mol. The van der Waals surface area contributed by atoms with Gasteiger partial charge in [-0.15, -0.1) is 0 Å². The molecule has 0 aliphatic carbocycles. The van der Waals surface area contributed by atoms with E-state index in [0.717, 1.165) is 12.7 Å². The van der Waals surface area contributed by atoms with Crippen molar-refractivity contribution < 1.29 is 22.7 Å². The Balaban J connectivity index is 2.29. The first kappa shape index (κ1) is 16.7. The minimum Gasteiger partial charge on any atom is -0.378 e. The van der Waals surface area contributed by atoms with Crippen LogP contribution in [0.25, 0.3) is 0 Å². The zero-order valence-electron chi connectivity index (χ0n) is 13.4. The summed E-state index contributed by atoms with van der Waals surface area (Å²) in [4.78, 5) is 14.4. The van der Waals surface area contributed by atoms with E-state index in [1.165, 1.54) is 13.8 Å². The Kier molecular flexibility index (Phi) is 3.92. The van der Waals surface area contributed by atoms with Crippen molar-refractivity contribution in [3.63, 3.8) is 0 Å². The SMILES string of the molecule is CC1(C)CN(C(=O)C(C)(C)S(C)(=O)=O)C[C@@]2(CCOC2)O1. The number of ether oxygens (including phenoxy) is 2. The summed E-state index contributed by atoms with van der Waals surface area (Å²) in [6.07, 6.45) is 1.82. The highest BCUT2D eigenvalue weighted by molar-refractivity contribution is 7.92. The molecule has 0 aromatic rings. The van der Waals surface area contributed by atoms with Gasteiger partial charge in [0.25, 0.3) is 0 Å². The Morgan fingerprint density at radius 3 is 2.33 bits per heavy atom. The third-order valence-electron chi connectivity index (χ3n) is 4.34. The lowest BCUT2D eigenvalue weighted by Crippen LogP contribution is -2.64. The fraction of sp³-hybridized carbons (Fsp3) is 0.929. The van der Waals surface area contributed by atoms with E-state index in [2.05, 4.69) is 0 Å². The highest BCUT2D eigenvalue weighted by atomic mass is 32.2. The summed E-state index contributed by atoms with van der Waals surface area (Å²) in [7, 11) is -3.49. The second-order valence-electron chi connectivity index (χ2n) is 7.29. The zero-order valence-corrected chi connectivity index (χ0v) is 14.2. The predicted molar refractivity (Wildman–Crippen MR) is 78.8 cm³/mol. The van der Waals surface area contributed by atoms with Gasteiger partial charge in [-0.1, -0.05) is 0 Å². The van der Waals surface area contributed by atoms with E-state index in [9.17, 15) is 13.2 Å². The lowest BCUT2D eigenvalue weighted by Gasteiger charge is -2.49. The number of sulfone groups is 1. The van der Waals surface area contributed by atoms with Gasteiger partial charge in [0.1, 0.15) is 10.3 Å². The summed E-state index contributed by atoms with van der Waals surface area (Å²) in [6, 6.07) is 0. The van der Waals surface area contributed by atoms with Crippen LogP contribution < -0.4 is 0 Å². The first-order valence-corrected chi connectivity index (χ1v) is 9.05. The molecule has 0 N–H and O–H groups in total. The molecule has 1 atom stereocenters. The predicted octanol–water partition coefficient (Wildman–Crippen LogP) is 0.606. The maximum absolute atomic E-state index is 12.7. The molecule has 0 aromatic heterocycles. The number of amides is 1. The van der Waals surface area contributed by atoms with Crippen molar-refractivity contribution in [3.05, 3.63) is 0 Å². The van der Waals surface area contributed by atoms with Crippen LogP contribution in [0.4, 0.5) is 0 Å². The van der Waals surface area contributed by atoms with Crippen molar-refractivity contribution in [1.82, 2.24) is 4.90 Å². The number of nitrogens with zero attached hydrogens (tertiary/aromatic N) is 1. The van der Waals surface area contributed by atoms with E-state index in [1.807, 2.05) is 13.8 Å². The lowest BCUT2D eigenvalue weighted by molar-refractivity contribution is -0.200. The van der Waals surface area contributed by atoms with Crippen molar-refractivity contribution in [2.24, 2.45) is 0 Å². The molecule has 0 bridgehead atoms. The highest BCUT2D eigenvalue weighted by Gasteiger charge is 2.51. The number of rotatable bonds is 2. The van der Waals surface area contributed by atoms with Gasteiger partial charge in [0.15, 0.2) is 9.84 Å². The van der Waals surface area contributed by atoms with Crippen LogP contribution in [0.2, 0.25) is 0 Å². The molecule has 0 saturated carbocycles. The van der Waals surface area contributed by atoms with Gasteiger partial charge in [0.05, 0.1) is 18.8 Å². The standard InChI is InChI=1S/C14H25NO5S/c1-12(2)8-15(9-14(20-12)6-7-19-10-14)11(16)13(3,4)21(5,17)18/h6-10H2,1-5H3/t14-/m1/s1. The topological polar surface area (TPSA) is 72.9 Å². The summed E-state index contributed by atoms with van der Waals surface area (Å²) in [6.45, 7) is 8.57. The van der Waals surface area contributed by atoms with Crippen LogP contribution in [-0.2, 0) is 24.1 Å². The molecule has 2 saturated heterocycles. The molecule has 1 spiro atoms. The van der Waals surface area contributed by atoms with Gasteiger partial charge in [-0.3, -0.25) is 4.79 Å². The molecule has 2 heterocycles. The molecule has 1 amide bonds. The summed E-state index contributed by atoms with van der Waals surface area (Å²) in [5.41, 5.74) is -1.03. The fourth-order valence-electron chi connectivity index (χ4n) is 2.99. The van der Waals surface area contributed by atoms with Gasteiger partial charge in [-0.25, -0.2) is 8.42 Å². The molecule has 122 valence electrons. The maximum Gasteiger partial charge on any atom is 0.243 e. The van der Waals surface area contributed by atoms with Gasteiger partial charge in [0.2, 0.25) is 5.91 Å². The fourth-order valence-corrected chi connectivity index (χ4v) is 3.44. The minimum absolute atomic E-state index is 0.368. The van der Waals surface area contributed by atoms with Crippen molar-refractivity contribution in [2.75, 3.05) is 32.6 Å². The average Bonchev–Trinajstić information content (AvgIpc) is 2.71. The van der Waals surface area contributed by atoms with Crippen molar-refractivity contribution >= 4 is 15.7 Å². The molecule has 21 heavy (non-hydrogen) atoms. The number of carbonyl (C=O) groups excluding carboxylic acids is 1. The lowest BCUT2D eigenvalue weighted by atomic mass is 9.94. The van der Waals surface area contributed by atoms with Crippen molar-refractivity contribution in [3.8, 4) is 0 Å². The molecule has 0 unspecified atom stereocenters. The van der Waals surface area contributed by atoms with Crippen molar-refractivity contribution in [1.29, 1.82) is 0 Å². The summed E-state index contributed by atoms with van der Waals surface area (Å²) < 4.78 is 33.9. The largest absolute Gasteiger partial charge is 0.378 e. The van der Waals surface area contributed by atoms with E-state index in [0.29, 0.717) is 26.3 Å². The summed E-state index contributed by atoms with van der Waals surface area (Å²) in [5.74, 6) is -0.368. The van der Waals surface area contributed by atoms with Crippen LogP contribution in [0.1, 0.15) is 34.1 Å². The van der Waals surface area contributed by atoms with Gasteiger partial charge >= 0.3 is 0 Å². The van der Waals surface area contributed by atoms with Crippen LogP contribution in [0, 0.1) is 0 Å². The van der Waals surface area contributed by atoms with E-state index in [-0.39, 0.29) is 5.91 Å². The second kappa shape index (κ2) is 4.93. The molecule has 2 rings (SSSR count). The van der Waals surface area contributed by atoms with Gasteiger partial charge in [-0.2, -0.15) is 0 Å². The number of morpholine rings is 1. The quantitative estimate of drug-likeness (QED) is 0.745. The third kappa shape index (κ3) is 3.10. The zero-order chi connectivity index (χ0) is 16.1. The molecule has 2 aliphatic rings. The van der Waals surface area contributed by atoms with Crippen LogP contribution in [0.5, 0.6) is 0 Å². The molecular formula is C14H25NO5S. The van der Waals surface area contributed by atoms with E-state index < -0.39 is 25.8 Å². The normalized spacial score (nSPS) is 29.9. The number of hydrogen-bond acceptors (Lipinski definition) is 5. The summed E-state index contributed by atoms with van der Waals surface area (Å²) in [5, 5.41) is 0. The maximum atomic E-state index is 12.7. The van der Waals surface area contributed by atoms with Crippen LogP contribution in [0.3, 0.4) is 0 Å². The molecule has 0 aromatic carbocycles. The molecule has 2 fully saturated rings. The van der Waals surface area contributed by atoms with Crippen molar-refractivity contribution in [2.45, 2.75) is 50.1 Å². The Morgan fingerprint density at radius 2 is 1.86 bits per heavy atom. The Morgan fingerprint density at radius 1 is 1.24 bits per heavy atom. The Hall–Kier alpha value is -0.660. The Labute approximate surface area is 126 Å². The van der Waals surface area contributed by atoms with Gasteiger partial charge in [0, 0.05) is 25.8 Å². The smallest absolute Gasteiger partial charge is 0.243 e. The van der Waals surface area contributed by atoms with E-state index in [4.69, 9.17) is 9.47 Å². The Bertz CT molecular complexity index is 532. The van der Waals surface area contributed by atoms with Crippen LogP contribution >= 0.6 is 0 Å². The minimum atomic E-state index is -3.49. The number of hydrogen-bond donors (Lipinski definition) is 0. The van der Waals surface area contributed by atoms with Gasteiger partial charge < -0.3 is 14.4 Å². The molecule has 7 heteroatoms.